The second-order valence-corrected chi connectivity index (χ2v) is 8.34. The second kappa shape index (κ2) is 8.07. The molecule has 0 saturated carbocycles. The van der Waals surface area contributed by atoms with Gasteiger partial charge in [-0.2, -0.15) is 4.31 Å². The molecular formula is C18H21ClN2O4S. The van der Waals surface area contributed by atoms with Crippen molar-refractivity contribution in [1.29, 1.82) is 0 Å². The molecule has 0 heterocycles. The van der Waals surface area contributed by atoms with Crippen molar-refractivity contribution in [3.8, 4) is 5.75 Å². The normalized spacial score (nSPS) is 11.7. The van der Waals surface area contributed by atoms with Gasteiger partial charge < -0.3 is 10.1 Å². The summed E-state index contributed by atoms with van der Waals surface area (Å²) in [6.07, 6.45) is 0. The Bertz CT molecular complexity index is 896. The molecule has 1 amide bonds. The van der Waals surface area contributed by atoms with Crippen LogP contribution in [0.4, 0.5) is 5.69 Å². The van der Waals surface area contributed by atoms with Gasteiger partial charge in [0.1, 0.15) is 5.75 Å². The largest absolute Gasteiger partial charge is 0.497 e. The predicted molar refractivity (Wildman–Crippen MR) is 102 cm³/mol. The molecule has 0 spiro atoms. The quantitative estimate of drug-likeness (QED) is 0.808. The third kappa shape index (κ3) is 4.35. The van der Waals surface area contributed by atoms with Crippen LogP contribution in [-0.2, 0) is 10.0 Å². The van der Waals surface area contributed by atoms with Gasteiger partial charge in [0.05, 0.1) is 22.6 Å². The van der Waals surface area contributed by atoms with Gasteiger partial charge in [0, 0.05) is 18.8 Å². The molecule has 8 heteroatoms. The Morgan fingerprint density at radius 2 is 1.77 bits per heavy atom. The Balaban J connectivity index is 2.32. The summed E-state index contributed by atoms with van der Waals surface area (Å²) < 4.78 is 31.6. The lowest BCUT2D eigenvalue weighted by atomic mass is 10.2. The van der Waals surface area contributed by atoms with Gasteiger partial charge in [-0.3, -0.25) is 4.79 Å². The number of anilines is 1. The van der Waals surface area contributed by atoms with Gasteiger partial charge in [-0.1, -0.05) is 11.6 Å². The summed E-state index contributed by atoms with van der Waals surface area (Å²) >= 11 is 6.11. The Labute approximate surface area is 158 Å². The monoisotopic (exact) mass is 396 g/mol. The van der Waals surface area contributed by atoms with Crippen LogP contribution in [0.3, 0.4) is 0 Å². The van der Waals surface area contributed by atoms with Gasteiger partial charge in [0.2, 0.25) is 10.0 Å². The molecule has 0 atom stereocenters. The van der Waals surface area contributed by atoms with Crippen molar-refractivity contribution in [3.63, 3.8) is 0 Å². The number of halogens is 1. The zero-order valence-corrected chi connectivity index (χ0v) is 16.6. The Morgan fingerprint density at radius 3 is 2.31 bits per heavy atom. The summed E-state index contributed by atoms with van der Waals surface area (Å²) in [6.45, 7) is 3.54. The number of methoxy groups -OCH3 is 1. The van der Waals surface area contributed by atoms with E-state index in [0.717, 1.165) is 0 Å². The van der Waals surface area contributed by atoms with Crippen molar-refractivity contribution in [3.05, 3.63) is 53.1 Å². The number of amides is 1. The fraction of sp³-hybridized carbons (Fsp3) is 0.278. The van der Waals surface area contributed by atoms with Crippen LogP contribution >= 0.6 is 11.6 Å². The van der Waals surface area contributed by atoms with Crippen molar-refractivity contribution in [1.82, 2.24) is 4.31 Å². The molecule has 0 aromatic heterocycles. The first-order valence-electron chi connectivity index (χ1n) is 7.90. The maximum atomic E-state index is 12.6. The minimum Gasteiger partial charge on any atom is -0.497 e. The highest BCUT2D eigenvalue weighted by molar-refractivity contribution is 7.89. The van der Waals surface area contributed by atoms with Crippen LogP contribution in [0, 0.1) is 0 Å². The molecule has 0 aliphatic carbocycles. The van der Waals surface area contributed by atoms with Gasteiger partial charge in [-0.25, -0.2) is 8.42 Å². The topological polar surface area (TPSA) is 75.7 Å². The van der Waals surface area contributed by atoms with Crippen LogP contribution in [0.1, 0.15) is 24.2 Å². The summed E-state index contributed by atoms with van der Waals surface area (Å²) in [5.41, 5.74) is 0.625. The highest BCUT2D eigenvalue weighted by Crippen LogP contribution is 2.25. The molecule has 0 aliphatic rings. The molecule has 2 rings (SSSR count). The van der Waals surface area contributed by atoms with Crippen LogP contribution in [-0.4, -0.2) is 38.8 Å². The van der Waals surface area contributed by atoms with Crippen LogP contribution in [0.15, 0.2) is 47.4 Å². The van der Waals surface area contributed by atoms with Crippen LogP contribution in [0.2, 0.25) is 5.02 Å². The molecule has 0 saturated heterocycles. The number of ether oxygens (including phenoxy) is 1. The van der Waals surface area contributed by atoms with Crippen molar-refractivity contribution in [2.24, 2.45) is 0 Å². The Kier molecular flexibility index (Phi) is 6.28. The zero-order valence-electron chi connectivity index (χ0n) is 15.0. The third-order valence-electron chi connectivity index (χ3n) is 3.93. The number of hydrogen-bond donors (Lipinski definition) is 1. The first-order chi connectivity index (χ1) is 12.2. The van der Waals surface area contributed by atoms with E-state index in [1.807, 2.05) is 0 Å². The fourth-order valence-electron chi connectivity index (χ4n) is 2.16. The molecule has 26 heavy (non-hydrogen) atoms. The fourth-order valence-corrected chi connectivity index (χ4v) is 3.75. The highest BCUT2D eigenvalue weighted by Gasteiger charge is 2.25. The van der Waals surface area contributed by atoms with E-state index >= 15 is 0 Å². The van der Waals surface area contributed by atoms with Gasteiger partial charge in [0.15, 0.2) is 0 Å². The van der Waals surface area contributed by atoms with Gasteiger partial charge >= 0.3 is 0 Å². The van der Waals surface area contributed by atoms with E-state index in [0.29, 0.717) is 11.4 Å². The molecule has 140 valence electrons. The number of nitrogens with zero attached hydrogens (tertiary/aromatic N) is 1. The SMILES string of the molecule is COc1ccc(NC(=O)c2cc(S(=O)(=O)N(C)C(C)C)ccc2Cl)cc1. The minimum absolute atomic E-state index is 0.0120. The lowest BCUT2D eigenvalue weighted by Gasteiger charge is -2.21. The predicted octanol–water partition coefficient (Wildman–Crippen LogP) is 3.63. The smallest absolute Gasteiger partial charge is 0.257 e. The maximum Gasteiger partial charge on any atom is 0.257 e. The number of benzene rings is 2. The lowest BCUT2D eigenvalue weighted by molar-refractivity contribution is 0.102. The van der Waals surface area contributed by atoms with Gasteiger partial charge in [-0.15, -0.1) is 0 Å². The molecule has 0 fully saturated rings. The van der Waals surface area contributed by atoms with Crippen molar-refractivity contribution >= 4 is 33.2 Å². The van der Waals surface area contributed by atoms with E-state index in [9.17, 15) is 13.2 Å². The standard InChI is InChI=1S/C18H21ClN2O4S/c1-12(2)21(3)26(23,24)15-9-10-17(19)16(11-15)18(22)20-13-5-7-14(25-4)8-6-13/h5-12H,1-4H3,(H,20,22). The van der Waals surface area contributed by atoms with E-state index < -0.39 is 15.9 Å². The first-order valence-corrected chi connectivity index (χ1v) is 9.71. The molecule has 2 aromatic carbocycles. The first kappa shape index (κ1) is 20.2. The number of carbonyl (C=O) groups excluding carboxylic acids is 1. The molecule has 6 nitrogen and oxygen atoms in total. The van der Waals surface area contributed by atoms with Crippen molar-refractivity contribution in [2.75, 3.05) is 19.5 Å². The molecule has 1 N–H and O–H groups in total. The second-order valence-electron chi connectivity index (χ2n) is 5.94. The van der Waals surface area contributed by atoms with Crippen LogP contribution in [0.5, 0.6) is 5.75 Å². The van der Waals surface area contributed by atoms with Crippen molar-refractivity contribution in [2.45, 2.75) is 24.8 Å². The van der Waals surface area contributed by atoms with E-state index in [1.165, 1.54) is 29.6 Å². The van der Waals surface area contributed by atoms with Crippen molar-refractivity contribution < 1.29 is 17.9 Å². The van der Waals surface area contributed by atoms with E-state index in [-0.39, 0.29) is 21.5 Å². The number of hydrogen-bond acceptors (Lipinski definition) is 4. The number of carbonyl (C=O) groups is 1. The third-order valence-corrected chi connectivity index (χ3v) is 6.29. The minimum atomic E-state index is -3.71. The molecule has 0 bridgehead atoms. The highest BCUT2D eigenvalue weighted by atomic mass is 35.5. The summed E-state index contributed by atoms with van der Waals surface area (Å²) in [6, 6.07) is 10.6. The average molecular weight is 397 g/mol. The van der Waals surface area contributed by atoms with E-state index in [1.54, 1.807) is 45.2 Å². The molecule has 2 aromatic rings. The van der Waals surface area contributed by atoms with E-state index in [2.05, 4.69) is 5.32 Å². The number of rotatable bonds is 6. The Morgan fingerprint density at radius 1 is 1.15 bits per heavy atom. The summed E-state index contributed by atoms with van der Waals surface area (Å²) in [4.78, 5) is 12.5. The zero-order chi connectivity index (χ0) is 19.5. The Hall–Kier alpha value is -2.09. The summed E-state index contributed by atoms with van der Waals surface area (Å²) in [7, 11) is -0.674. The van der Waals surface area contributed by atoms with E-state index in [4.69, 9.17) is 16.3 Å². The molecular weight excluding hydrogens is 376 g/mol. The maximum absolute atomic E-state index is 12.6. The molecule has 0 unspecified atom stereocenters. The number of sulfonamides is 1. The summed E-state index contributed by atoms with van der Waals surface area (Å²) in [5, 5.41) is 2.86. The summed E-state index contributed by atoms with van der Waals surface area (Å²) in [5.74, 6) is 0.162. The van der Waals surface area contributed by atoms with Crippen LogP contribution < -0.4 is 10.1 Å². The van der Waals surface area contributed by atoms with Gasteiger partial charge in [-0.05, 0) is 56.3 Å². The molecule has 0 aliphatic heterocycles. The molecule has 0 radical (unpaired) electrons. The lowest BCUT2D eigenvalue weighted by Crippen LogP contribution is -2.33. The van der Waals surface area contributed by atoms with Crippen LogP contribution in [0.25, 0.3) is 0 Å². The van der Waals surface area contributed by atoms with Gasteiger partial charge in [0.25, 0.3) is 5.91 Å². The average Bonchev–Trinajstić information content (AvgIpc) is 2.61. The number of nitrogens with one attached hydrogen (secondary N) is 1.